The predicted octanol–water partition coefficient (Wildman–Crippen LogP) is 1.72. The van der Waals surface area contributed by atoms with Crippen molar-refractivity contribution in [2.24, 2.45) is 5.14 Å². The Kier molecular flexibility index (Phi) is 8.02. The minimum absolute atomic E-state index is 0.125. The molecule has 42 heavy (non-hydrogen) atoms. The third-order valence-corrected chi connectivity index (χ3v) is 9.03. The maximum Gasteiger partial charge on any atom is 0.269 e. The molecular weight excluding hydrogens is 594 g/mol. The fraction of sp³-hybridized carbons (Fsp3) is 0.320. The van der Waals surface area contributed by atoms with Gasteiger partial charge in [0.15, 0.2) is 0 Å². The van der Waals surface area contributed by atoms with Crippen LogP contribution >= 0.6 is 0 Å². The SMILES string of the molecule is CS(=O)(=O)N1CCC(Nc2ncc3cc(C(F)F)c(=O)n(Cc4ccc(-c5cncc(S(N)(=O)=O)c5)nc4)c3n2)CC1. The number of pyridine rings is 3. The van der Waals surface area contributed by atoms with Gasteiger partial charge >= 0.3 is 0 Å². The maximum atomic E-state index is 13.8. The van der Waals surface area contributed by atoms with Crippen LogP contribution in [0.4, 0.5) is 14.7 Å². The molecule has 1 saturated heterocycles. The number of alkyl halides is 2. The first kappa shape index (κ1) is 29.6. The van der Waals surface area contributed by atoms with Gasteiger partial charge in [-0.3, -0.25) is 19.3 Å². The third kappa shape index (κ3) is 6.43. The van der Waals surface area contributed by atoms with Gasteiger partial charge in [0.2, 0.25) is 26.0 Å². The number of hydrogen-bond donors (Lipinski definition) is 2. The molecule has 13 nitrogen and oxygen atoms in total. The predicted molar refractivity (Wildman–Crippen MR) is 150 cm³/mol. The first-order valence-electron chi connectivity index (χ1n) is 12.6. The standard InChI is InChI=1S/C25H26F2N8O5S2/c1-41(37,38)34-6-4-18(5-7-34)32-25-31-12-17-9-20(22(26)27)24(36)35(23(17)33-25)14-15-2-3-21(30-10-15)16-8-19(13-29-11-16)42(28,39)40/h2-3,8-13,18,22H,4-7,14H2,1H3,(H2,28,39,40)(H,31,32,33). The second kappa shape index (κ2) is 11.4. The van der Waals surface area contributed by atoms with Gasteiger partial charge in [0.1, 0.15) is 10.5 Å². The average Bonchev–Trinajstić information content (AvgIpc) is 2.94. The minimum Gasteiger partial charge on any atom is -0.351 e. The Bertz CT molecular complexity index is 1910. The molecule has 1 aliphatic rings. The van der Waals surface area contributed by atoms with E-state index < -0.39 is 37.6 Å². The second-order valence-electron chi connectivity index (χ2n) is 9.85. The molecule has 1 fully saturated rings. The molecule has 17 heteroatoms. The van der Waals surface area contributed by atoms with Gasteiger partial charge in [-0.1, -0.05) is 6.07 Å². The lowest BCUT2D eigenvalue weighted by molar-refractivity contribution is 0.149. The summed E-state index contributed by atoms with van der Waals surface area (Å²) in [6.45, 7) is 0.525. The zero-order valence-corrected chi connectivity index (χ0v) is 23.8. The fourth-order valence-electron chi connectivity index (χ4n) is 4.65. The summed E-state index contributed by atoms with van der Waals surface area (Å²) in [7, 11) is -7.26. The van der Waals surface area contributed by atoms with Gasteiger partial charge < -0.3 is 5.32 Å². The monoisotopic (exact) mass is 620 g/mol. The van der Waals surface area contributed by atoms with E-state index in [0.717, 1.165) is 23.1 Å². The highest BCUT2D eigenvalue weighted by molar-refractivity contribution is 7.89. The molecule has 0 spiro atoms. The Morgan fingerprint density at radius 2 is 1.79 bits per heavy atom. The van der Waals surface area contributed by atoms with Crippen molar-refractivity contribution in [3.8, 4) is 11.3 Å². The Hall–Kier alpha value is -3.93. The molecule has 0 radical (unpaired) electrons. The van der Waals surface area contributed by atoms with E-state index in [4.69, 9.17) is 5.14 Å². The molecule has 5 rings (SSSR count). The van der Waals surface area contributed by atoms with Crippen molar-refractivity contribution in [1.82, 2.24) is 28.8 Å². The van der Waals surface area contributed by atoms with Crippen LogP contribution < -0.4 is 16.0 Å². The molecule has 222 valence electrons. The van der Waals surface area contributed by atoms with Gasteiger partial charge in [0.05, 0.1) is 24.1 Å². The summed E-state index contributed by atoms with van der Waals surface area (Å²) in [5.74, 6) is 0.175. The van der Waals surface area contributed by atoms with E-state index in [9.17, 15) is 30.4 Å². The van der Waals surface area contributed by atoms with Crippen molar-refractivity contribution >= 4 is 37.0 Å². The molecule has 0 atom stereocenters. The molecule has 0 amide bonds. The van der Waals surface area contributed by atoms with Crippen molar-refractivity contribution in [1.29, 1.82) is 0 Å². The van der Waals surface area contributed by atoms with E-state index in [-0.39, 0.29) is 34.5 Å². The third-order valence-electron chi connectivity index (χ3n) is 6.85. The molecule has 0 bridgehead atoms. The number of piperidine rings is 1. The van der Waals surface area contributed by atoms with Crippen LogP contribution in [0.5, 0.6) is 0 Å². The number of fused-ring (bicyclic) bond motifs is 1. The molecule has 5 heterocycles. The summed E-state index contributed by atoms with van der Waals surface area (Å²) < 4.78 is 76.9. The Labute approximate surface area is 239 Å². The molecule has 1 aliphatic heterocycles. The molecule has 0 aliphatic carbocycles. The van der Waals surface area contributed by atoms with Gasteiger partial charge in [-0.2, -0.15) is 4.98 Å². The zero-order chi connectivity index (χ0) is 30.2. The molecule has 0 aromatic carbocycles. The van der Waals surface area contributed by atoms with E-state index in [1.54, 1.807) is 12.1 Å². The van der Waals surface area contributed by atoms with Crippen molar-refractivity contribution in [2.75, 3.05) is 24.7 Å². The number of nitrogens with one attached hydrogen (secondary N) is 1. The van der Waals surface area contributed by atoms with E-state index in [2.05, 4.69) is 25.3 Å². The van der Waals surface area contributed by atoms with Crippen LogP contribution in [-0.4, -0.2) is 71.0 Å². The molecule has 0 saturated carbocycles. The molecular formula is C25H26F2N8O5S2. The van der Waals surface area contributed by atoms with Gasteiger partial charge in [-0.15, -0.1) is 0 Å². The summed E-state index contributed by atoms with van der Waals surface area (Å²) in [6.07, 6.45) is 4.48. The Morgan fingerprint density at radius 3 is 2.40 bits per heavy atom. The maximum absolute atomic E-state index is 13.8. The number of hydrogen-bond acceptors (Lipinski definition) is 10. The van der Waals surface area contributed by atoms with E-state index in [1.807, 2.05) is 0 Å². The largest absolute Gasteiger partial charge is 0.351 e. The van der Waals surface area contributed by atoms with Crippen LogP contribution in [0.25, 0.3) is 22.3 Å². The van der Waals surface area contributed by atoms with E-state index in [0.29, 0.717) is 42.8 Å². The zero-order valence-electron chi connectivity index (χ0n) is 22.2. The Balaban J connectivity index is 1.44. The van der Waals surface area contributed by atoms with Crippen LogP contribution in [-0.2, 0) is 26.6 Å². The highest BCUT2D eigenvalue weighted by atomic mass is 32.2. The second-order valence-corrected chi connectivity index (χ2v) is 13.4. The number of aromatic nitrogens is 5. The summed E-state index contributed by atoms with van der Waals surface area (Å²) in [5, 5.41) is 8.57. The number of nitrogens with zero attached hydrogens (tertiary/aromatic N) is 6. The van der Waals surface area contributed by atoms with Crippen LogP contribution in [0, 0.1) is 0 Å². The molecule has 4 aromatic heterocycles. The normalized spacial score (nSPS) is 15.4. The van der Waals surface area contributed by atoms with Gasteiger partial charge in [-0.05, 0) is 36.6 Å². The minimum atomic E-state index is -3.97. The lowest BCUT2D eigenvalue weighted by Crippen LogP contribution is -2.42. The summed E-state index contributed by atoms with van der Waals surface area (Å²) in [6, 6.07) is 5.47. The summed E-state index contributed by atoms with van der Waals surface area (Å²) in [5.41, 5.74) is -0.226. The highest BCUT2D eigenvalue weighted by Crippen LogP contribution is 2.23. The average molecular weight is 621 g/mol. The van der Waals surface area contributed by atoms with Crippen LogP contribution in [0.2, 0.25) is 0 Å². The molecule has 0 unspecified atom stereocenters. The van der Waals surface area contributed by atoms with Gasteiger partial charge in [0, 0.05) is 54.9 Å². The quantitative estimate of drug-likeness (QED) is 0.294. The number of primary sulfonamides is 1. The Morgan fingerprint density at radius 1 is 1.05 bits per heavy atom. The summed E-state index contributed by atoms with van der Waals surface area (Å²) in [4.78, 5) is 29.8. The molecule has 3 N–H and O–H groups in total. The number of anilines is 1. The number of rotatable bonds is 8. The lowest BCUT2D eigenvalue weighted by atomic mass is 10.1. The van der Waals surface area contributed by atoms with E-state index in [1.165, 1.54) is 29.0 Å². The smallest absolute Gasteiger partial charge is 0.269 e. The molecule has 4 aromatic rings. The van der Waals surface area contributed by atoms with Gasteiger partial charge in [0.25, 0.3) is 12.0 Å². The van der Waals surface area contributed by atoms with Crippen molar-refractivity contribution < 1.29 is 25.6 Å². The van der Waals surface area contributed by atoms with Gasteiger partial charge in [-0.25, -0.2) is 40.0 Å². The van der Waals surface area contributed by atoms with Crippen molar-refractivity contribution in [3.05, 3.63) is 70.5 Å². The number of sulfonamides is 2. The number of halogens is 2. The van der Waals surface area contributed by atoms with Crippen molar-refractivity contribution in [2.45, 2.75) is 36.7 Å². The fourth-order valence-corrected chi connectivity index (χ4v) is 6.03. The number of nitrogens with two attached hydrogens (primary N) is 1. The van der Waals surface area contributed by atoms with Crippen LogP contribution in [0.15, 0.2) is 58.7 Å². The van der Waals surface area contributed by atoms with Crippen LogP contribution in [0.1, 0.15) is 30.4 Å². The highest BCUT2D eigenvalue weighted by Gasteiger charge is 2.26. The van der Waals surface area contributed by atoms with E-state index >= 15 is 0 Å². The first-order chi connectivity index (χ1) is 19.8. The topological polar surface area (TPSA) is 183 Å². The lowest BCUT2D eigenvalue weighted by Gasteiger charge is -2.30. The summed E-state index contributed by atoms with van der Waals surface area (Å²) >= 11 is 0. The first-order valence-corrected chi connectivity index (χ1v) is 16.0. The van der Waals surface area contributed by atoms with Crippen LogP contribution in [0.3, 0.4) is 0 Å². The van der Waals surface area contributed by atoms with Crippen molar-refractivity contribution in [3.63, 3.8) is 0 Å².